The van der Waals surface area contributed by atoms with E-state index in [-0.39, 0.29) is 36.1 Å². The van der Waals surface area contributed by atoms with E-state index in [1.165, 1.54) is 6.39 Å². The van der Waals surface area contributed by atoms with Crippen molar-refractivity contribution in [3.8, 4) is 17.2 Å². The molecule has 3 rings (SSSR count). The monoisotopic (exact) mass is 393 g/mol. The Morgan fingerprint density at radius 2 is 2.11 bits per heavy atom. The molecule has 2 atom stereocenters. The van der Waals surface area contributed by atoms with Crippen LogP contribution in [0.15, 0.2) is 35.1 Å². The molecule has 146 valence electrons. The van der Waals surface area contributed by atoms with Gasteiger partial charge in [0.05, 0.1) is 11.5 Å². The number of nitrogens with zero attached hydrogens (tertiary/aromatic N) is 3. The molecule has 8 nitrogen and oxygen atoms in total. The van der Waals surface area contributed by atoms with Crippen molar-refractivity contribution in [1.82, 2.24) is 15.1 Å². The van der Waals surface area contributed by atoms with Crippen molar-refractivity contribution in [2.45, 2.75) is 38.8 Å². The third-order valence-electron chi connectivity index (χ3n) is 4.78. The van der Waals surface area contributed by atoms with Gasteiger partial charge in [-0.15, -0.1) is 10.2 Å². The molecule has 1 saturated heterocycles. The van der Waals surface area contributed by atoms with Gasteiger partial charge in [-0.2, -0.15) is 0 Å². The number of carbonyl (C=O) groups excluding carboxylic acids is 1. The summed E-state index contributed by atoms with van der Waals surface area (Å²) >= 11 is 0. The molecule has 0 bridgehead atoms. The summed E-state index contributed by atoms with van der Waals surface area (Å²) in [6.45, 7) is 3.77. The van der Waals surface area contributed by atoms with E-state index >= 15 is 0 Å². The van der Waals surface area contributed by atoms with E-state index in [4.69, 9.17) is 9.15 Å². The van der Waals surface area contributed by atoms with Crippen LogP contribution in [-0.4, -0.2) is 59.6 Å². The van der Waals surface area contributed by atoms with Gasteiger partial charge in [-0.3, -0.25) is 4.79 Å². The minimum atomic E-state index is -3.06. The fourth-order valence-corrected chi connectivity index (χ4v) is 4.92. The molecule has 1 amide bonds. The number of benzene rings is 1. The van der Waals surface area contributed by atoms with Crippen LogP contribution < -0.4 is 4.74 Å². The minimum Gasteiger partial charge on any atom is -0.484 e. The van der Waals surface area contributed by atoms with E-state index in [9.17, 15) is 13.2 Å². The van der Waals surface area contributed by atoms with Crippen LogP contribution in [0.1, 0.15) is 26.7 Å². The smallest absolute Gasteiger partial charge is 0.261 e. The molecule has 9 heteroatoms. The highest BCUT2D eigenvalue weighted by Gasteiger charge is 2.36. The highest BCUT2D eigenvalue weighted by molar-refractivity contribution is 7.91. The maximum Gasteiger partial charge on any atom is 0.261 e. The maximum absolute atomic E-state index is 12.7. The van der Waals surface area contributed by atoms with Crippen LogP contribution in [-0.2, 0) is 14.6 Å². The predicted octanol–water partition coefficient (Wildman–Crippen LogP) is 1.93. The number of hydrogen-bond acceptors (Lipinski definition) is 7. The second kappa shape index (κ2) is 8.08. The summed E-state index contributed by atoms with van der Waals surface area (Å²) in [6, 6.07) is 6.66. The van der Waals surface area contributed by atoms with Crippen LogP contribution >= 0.6 is 0 Å². The Morgan fingerprint density at radius 1 is 1.37 bits per heavy atom. The lowest BCUT2D eigenvalue weighted by Gasteiger charge is -2.33. The minimum absolute atomic E-state index is 0.0297. The molecule has 1 aliphatic heterocycles. The van der Waals surface area contributed by atoms with Gasteiger partial charge in [-0.05, 0) is 44.0 Å². The second-order valence-electron chi connectivity index (χ2n) is 6.67. The molecule has 0 saturated carbocycles. The van der Waals surface area contributed by atoms with Crippen LogP contribution in [0.4, 0.5) is 0 Å². The van der Waals surface area contributed by atoms with Gasteiger partial charge >= 0.3 is 0 Å². The summed E-state index contributed by atoms with van der Waals surface area (Å²) in [5.41, 5.74) is 0.753. The molecular weight excluding hydrogens is 370 g/mol. The number of amides is 1. The van der Waals surface area contributed by atoms with E-state index in [1.807, 2.05) is 13.8 Å². The predicted molar refractivity (Wildman–Crippen MR) is 98.9 cm³/mol. The Morgan fingerprint density at radius 3 is 2.67 bits per heavy atom. The van der Waals surface area contributed by atoms with Crippen LogP contribution in [0.5, 0.6) is 5.75 Å². The third kappa shape index (κ3) is 4.65. The second-order valence-corrected chi connectivity index (χ2v) is 8.90. The van der Waals surface area contributed by atoms with Crippen molar-refractivity contribution < 1.29 is 22.4 Å². The Labute approximate surface area is 158 Å². The number of carbonyl (C=O) groups is 1. The SMILES string of the molecule is CC[C@H](C)N(C(=O)COc1ccc(-c2nnco2)cc1)[C@H]1CCS(=O)(=O)C1. The summed E-state index contributed by atoms with van der Waals surface area (Å²) < 4.78 is 34.4. The number of aromatic nitrogens is 2. The Balaban J connectivity index is 1.63. The lowest BCUT2D eigenvalue weighted by atomic mass is 10.1. The molecule has 0 spiro atoms. The van der Waals surface area contributed by atoms with Gasteiger partial charge in [0.2, 0.25) is 12.3 Å². The van der Waals surface area contributed by atoms with E-state index in [0.717, 1.165) is 12.0 Å². The lowest BCUT2D eigenvalue weighted by Crippen LogP contribution is -2.48. The first-order valence-electron chi connectivity index (χ1n) is 8.90. The fourth-order valence-electron chi connectivity index (χ4n) is 3.21. The third-order valence-corrected chi connectivity index (χ3v) is 6.53. The van der Waals surface area contributed by atoms with Gasteiger partial charge < -0.3 is 14.1 Å². The Hall–Kier alpha value is -2.42. The zero-order chi connectivity index (χ0) is 19.4. The zero-order valence-electron chi connectivity index (χ0n) is 15.4. The first kappa shape index (κ1) is 19.3. The van der Waals surface area contributed by atoms with Crippen molar-refractivity contribution in [1.29, 1.82) is 0 Å². The first-order valence-corrected chi connectivity index (χ1v) is 10.7. The molecule has 0 unspecified atom stereocenters. The van der Waals surface area contributed by atoms with E-state index < -0.39 is 9.84 Å². The summed E-state index contributed by atoms with van der Waals surface area (Å²) in [7, 11) is -3.06. The molecule has 1 aromatic heterocycles. The molecule has 0 N–H and O–H groups in total. The van der Waals surface area contributed by atoms with Gasteiger partial charge in [0, 0.05) is 17.6 Å². The van der Waals surface area contributed by atoms with Gasteiger partial charge in [-0.25, -0.2) is 8.42 Å². The number of ether oxygens (including phenoxy) is 1. The van der Waals surface area contributed by atoms with Gasteiger partial charge in [0.15, 0.2) is 16.4 Å². The van der Waals surface area contributed by atoms with Gasteiger partial charge in [-0.1, -0.05) is 6.92 Å². The summed E-state index contributed by atoms with van der Waals surface area (Å²) in [5.74, 6) is 0.905. The molecule has 1 aromatic carbocycles. The zero-order valence-corrected chi connectivity index (χ0v) is 16.2. The first-order chi connectivity index (χ1) is 12.9. The largest absolute Gasteiger partial charge is 0.484 e. The van der Waals surface area contributed by atoms with Crippen molar-refractivity contribution in [3.05, 3.63) is 30.7 Å². The van der Waals surface area contributed by atoms with Crippen LogP contribution in [0.25, 0.3) is 11.5 Å². The fraction of sp³-hybridized carbons (Fsp3) is 0.500. The van der Waals surface area contributed by atoms with E-state index in [1.54, 1.807) is 29.2 Å². The van der Waals surface area contributed by atoms with Gasteiger partial charge in [0.25, 0.3) is 5.91 Å². The standard InChI is InChI=1S/C18H23N3O5S/c1-3-13(2)21(15-8-9-27(23,24)11-15)17(22)10-25-16-6-4-14(5-7-16)18-20-19-12-26-18/h4-7,12-13,15H,3,8-11H2,1-2H3/t13-,15-/m0/s1. The molecule has 0 radical (unpaired) electrons. The maximum atomic E-state index is 12.7. The van der Waals surface area contributed by atoms with Crippen LogP contribution in [0.2, 0.25) is 0 Å². The number of hydrogen-bond donors (Lipinski definition) is 0. The van der Waals surface area contributed by atoms with Crippen LogP contribution in [0.3, 0.4) is 0 Å². The van der Waals surface area contributed by atoms with Crippen molar-refractivity contribution in [2.24, 2.45) is 0 Å². The Kier molecular flexibility index (Phi) is 5.79. The summed E-state index contributed by atoms with van der Waals surface area (Å²) in [6.07, 6.45) is 2.49. The quantitative estimate of drug-likeness (QED) is 0.708. The normalized spacial score (nSPS) is 19.6. The molecule has 0 aliphatic carbocycles. The van der Waals surface area contributed by atoms with Crippen molar-refractivity contribution >= 4 is 15.7 Å². The molecule has 27 heavy (non-hydrogen) atoms. The Bertz CT molecular complexity index is 865. The summed E-state index contributed by atoms with van der Waals surface area (Å²) in [5, 5.41) is 7.46. The average molecular weight is 393 g/mol. The van der Waals surface area contributed by atoms with E-state index in [0.29, 0.717) is 18.1 Å². The molecule has 2 heterocycles. The van der Waals surface area contributed by atoms with Crippen molar-refractivity contribution in [3.63, 3.8) is 0 Å². The van der Waals surface area contributed by atoms with Crippen molar-refractivity contribution in [2.75, 3.05) is 18.1 Å². The average Bonchev–Trinajstić information content (AvgIpc) is 3.30. The van der Waals surface area contributed by atoms with E-state index in [2.05, 4.69) is 10.2 Å². The van der Waals surface area contributed by atoms with Crippen LogP contribution in [0, 0.1) is 0 Å². The molecule has 1 fully saturated rings. The molecule has 1 aliphatic rings. The summed E-state index contributed by atoms with van der Waals surface area (Å²) in [4.78, 5) is 14.4. The number of sulfone groups is 1. The topological polar surface area (TPSA) is 103 Å². The number of rotatable bonds is 7. The highest BCUT2D eigenvalue weighted by Crippen LogP contribution is 2.23. The molecular formula is C18H23N3O5S. The highest BCUT2D eigenvalue weighted by atomic mass is 32.2. The molecule has 2 aromatic rings. The lowest BCUT2D eigenvalue weighted by molar-refractivity contribution is -0.137. The van der Waals surface area contributed by atoms with Gasteiger partial charge in [0.1, 0.15) is 5.75 Å².